The zero-order chi connectivity index (χ0) is 31.3. The average molecular weight is 561 g/mol. The van der Waals surface area contributed by atoms with E-state index in [1.807, 2.05) is 48.5 Å². The molecule has 0 fully saturated rings. The van der Waals surface area contributed by atoms with Crippen molar-refractivity contribution in [2.45, 2.75) is 149 Å². The summed E-state index contributed by atoms with van der Waals surface area (Å²) in [5, 5.41) is 0. The van der Waals surface area contributed by atoms with Crippen molar-refractivity contribution in [1.82, 2.24) is 0 Å². The molecule has 0 aliphatic rings. The Hall–Kier alpha value is -0.360. The standard InChI is InChI=1S/C30H68N6O3/c1-14-30(18-24(5,6)37-16-22(3)28(12,33)34,19-25(7,8)38-17-23(4)29(13,35)36)20-27(11,32)39-15-21(2)26(9,10)31/h21-23H,14-20,31-36H2,1-13H3. The maximum Gasteiger partial charge on any atom is 0.114 e. The first-order chi connectivity index (χ1) is 17.1. The third kappa shape index (κ3) is 14.9. The van der Waals surface area contributed by atoms with Gasteiger partial charge in [-0.3, -0.25) is 0 Å². The molecule has 0 saturated carbocycles. The van der Waals surface area contributed by atoms with E-state index in [2.05, 4.69) is 41.5 Å². The molecule has 0 saturated heterocycles. The summed E-state index contributed by atoms with van der Waals surface area (Å²) < 4.78 is 19.3. The van der Waals surface area contributed by atoms with Crippen LogP contribution in [-0.2, 0) is 14.2 Å². The topological polar surface area (TPSA) is 184 Å². The molecule has 9 heteroatoms. The van der Waals surface area contributed by atoms with Crippen LogP contribution in [0.3, 0.4) is 0 Å². The molecule has 0 spiro atoms. The van der Waals surface area contributed by atoms with E-state index in [-0.39, 0.29) is 28.7 Å². The molecule has 0 aliphatic carbocycles. The van der Waals surface area contributed by atoms with Crippen molar-refractivity contribution < 1.29 is 14.2 Å². The van der Waals surface area contributed by atoms with Crippen molar-refractivity contribution in [3.05, 3.63) is 0 Å². The lowest BCUT2D eigenvalue weighted by Crippen LogP contribution is -2.54. The van der Waals surface area contributed by atoms with Gasteiger partial charge in [0.25, 0.3) is 0 Å². The highest BCUT2D eigenvalue weighted by molar-refractivity contribution is 4.95. The van der Waals surface area contributed by atoms with Crippen molar-refractivity contribution in [2.75, 3.05) is 19.8 Å². The minimum atomic E-state index is -0.873. The van der Waals surface area contributed by atoms with E-state index >= 15 is 0 Å². The molecule has 236 valence electrons. The molecule has 0 bridgehead atoms. The Morgan fingerprint density at radius 3 is 1.13 bits per heavy atom. The van der Waals surface area contributed by atoms with Crippen LogP contribution in [0.5, 0.6) is 0 Å². The zero-order valence-corrected chi connectivity index (χ0v) is 27.9. The van der Waals surface area contributed by atoms with Crippen molar-refractivity contribution in [2.24, 2.45) is 57.6 Å². The summed E-state index contributed by atoms with van der Waals surface area (Å²) in [6.07, 6.45) is 2.98. The van der Waals surface area contributed by atoms with E-state index in [0.29, 0.717) is 26.2 Å². The summed E-state index contributed by atoms with van der Waals surface area (Å²) >= 11 is 0. The van der Waals surface area contributed by atoms with E-state index in [1.54, 1.807) is 0 Å². The van der Waals surface area contributed by atoms with Crippen LogP contribution < -0.4 is 34.4 Å². The fraction of sp³-hybridized carbons (Fsp3) is 1.00. The van der Waals surface area contributed by atoms with E-state index in [0.717, 1.165) is 19.3 Å². The second-order valence-corrected chi connectivity index (χ2v) is 15.4. The van der Waals surface area contributed by atoms with E-state index in [4.69, 9.17) is 48.6 Å². The lowest BCUT2D eigenvalue weighted by Gasteiger charge is -2.48. The van der Waals surface area contributed by atoms with Gasteiger partial charge in [-0.25, -0.2) is 0 Å². The smallest absolute Gasteiger partial charge is 0.114 e. The maximum absolute atomic E-state index is 6.86. The van der Waals surface area contributed by atoms with Gasteiger partial charge < -0.3 is 48.6 Å². The number of rotatable bonds is 19. The molecule has 0 rings (SSSR count). The van der Waals surface area contributed by atoms with Gasteiger partial charge in [-0.05, 0) is 92.9 Å². The Kier molecular flexibility index (Phi) is 13.6. The summed E-state index contributed by atoms with van der Waals surface area (Å²) in [7, 11) is 0. The Morgan fingerprint density at radius 2 is 0.846 bits per heavy atom. The van der Waals surface area contributed by atoms with Gasteiger partial charge in [0.2, 0.25) is 0 Å². The second kappa shape index (κ2) is 13.7. The van der Waals surface area contributed by atoms with Crippen LogP contribution in [0.4, 0.5) is 0 Å². The number of hydrogen-bond acceptors (Lipinski definition) is 9. The maximum atomic E-state index is 6.86. The largest absolute Gasteiger partial charge is 0.375 e. The van der Waals surface area contributed by atoms with Crippen LogP contribution in [0.2, 0.25) is 0 Å². The zero-order valence-electron chi connectivity index (χ0n) is 27.9. The van der Waals surface area contributed by atoms with Crippen molar-refractivity contribution in [3.8, 4) is 0 Å². The van der Waals surface area contributed by atoms with E-state index < -0.39 is 28.3 Å². The van der Waals surface area contributed by atoms with Gasteiger partial charge in [0.1, 0.15) is 5.72 Å². The van der Waals surface area contributed by atoms with Gasteiger partial charge in [-0.2, -0.15) is 0 Å². The molecule has 9 nitrogen and oxygen atoms in total. The monoisotopic (exact) mass is 561 g/mol. The number of hydrogen-bond donors (Lipinski definition) is 6. The molecule has 0 heterocycles. The molecule has 0 aromatic rings. The fourth-order valence-corrected chi connectivity index (χ4v) is 4.86. The lowest BCUT2D eigenvalue weighted by molar-refractivity contribution is -0.134. The molecular weight excluding hydrogens is 492 g/mol. The molecule has 0 aliphatic heterocycles. The fourth-order valence-electron chi connectivity index (χ4n) is 4.86. The summed E-state index contributed by atoms with van der Waals surface area (Å²) in [5.74, 6) is 0.114. The Labute approximate surface area is 241 Å². The van der Waals surface area contributed by atoms with Gasteiger partial charge >= 0.3 is 0 Å². The van der Waals surface area contributed by atoms with Crippen LogP contribution in [0, 0.1) is 23.2 Å². The molecule has 0 aromatic carbocycles. The highest BCUT2D eigenvalue weighted by Crippen LogP contribution is 2.47. The third-order valence-corrected chi connectivity index (χ3v) is 8.58. The number of nitrogens with two attached hydrogens (primary N) is 6. The summed E-state index contributed by atoms with van der Waals surface area (Å²) in [5.41, 5.74) is 33.6. The molecular formula is C30H68N6O3. The van der Waals surface area contributed by atoms with Crippen LogP contribution >= 0.6 is 0 Å². The van der Waals surface area contributed by atoms with Crippen LogP contribution in [0.15, 0.2) is 0 Å². The normalized spacial score (nSPS) is 19.8. The highest BCUT2D eigenvalue weighted by atomic mass is 16.5. The third-order valence-electron chi connectivity index (χ3n) is 8.58. The molecule has 4 atom stereocenters. The molecule has 39 heavy (non-hydrogen) atoms. The van der Waals surface area contributed by atoms with Gasteiger partial charge in [0.05, 0.1) is 42.3 Å². The number of ether oxygens (including phenoxy) is 3. The molecule has 0 radical (unpaired) electrons. The van der Waals surface area contributed by atoms with Crippen LogP contribution in [0.25, 0.3) is 0 Å². The Bertz CT molecular complexity index is 627. The highest BCUT2D eigenvalue weighted by Gasteiger charge is 2.45. The second-order valence-electron chi connectivity index (χ2n) is 15.4. The van der Waals surface area contributed by atoms with Gasteiger partial charge in [-0.1, -0.05) is 34.1 Å². The van der Waals surface area contributed by atoms with E-state index in [9.17, 15) is 0 Å². The minimum absolute atomic E-state index is 0.0138. The minimum Gasteiger partial charge on any atom is -0.375 e. The molecule has 12 N–H and O–H groups in total. The quantitative estimate of drug-likeness (QED) is 0.128. The van der Waals surface area contributed by atoms with Crippen molar-refractivity contribution >= 4 is 0 Å². The van der Waals surface area contributed by atoms with E-state index in [1.165, 1.54) is 0 Å². The average Bonchev–Trinajstić information content (AvgIpc) is 2.71. The van der Waals surface area contributed by atoms with Gasteiger partial charge in [-0.15, -0.1) is 0 Å². The summed E-state index contributed by atoms with van der Waals surface area (Å²) in [6.45, 7) is 27.8. The van der Waals surface area contributed by atoms with Crippen molar-refractivity contribution in [1.29, 1.82) is 0 Å². The first-order valence-electron chi connectivity index (χ1n) is 14.7. The predicted octanol–water partition coefficient (Wildman–Crippen LogP) is 3.75. The van der Waals surface area contributed by atoms with Gasteiger partial charge in [0.15, 0.2) is 0 Å². The van der Waals surface area contributed by atoms with Crippen LogP contribution in [-0.4, -0.2) is 53.6 Å². The first kappa shape index (κ1) is 38.6. The van der Waals surface area contributed by atoms with Gasteiger partial charge in [0, 0.05) is 17.4 Å². The molecule has 0 aromatic heterocycles. The van der Waals surface area contributed by atoms with Crippen LogP contribution in [0.1, 0.15) is 116 Å². The first-order valence-corrected chi connectivity index (χ1v) is 14.7. The molecule has 0 amide bonds. The summed E-state index contributed by atoms with van der Waals surface area (Å²) in [6, 6.07) is 0. The lowest BCUT2D eigenvalue weighted by atomic mass is 9.66. The summed E-state index contributed by atoms with van der Waals surface area (Å²) in [4.78, 5) is 0. The Balaban J connectivity index is 6.05. The Morgan fingerprint density at radius 1 is 0.513 bits per heavy atom. The SMILES string of the molecule is CCC(CC(C)(C)OCC(C)C(C)(N)N)(CC(C)(C)OCC(C)C(C)(N)N)CC(C)(N)OCC(C)C(C)(C)N. The molecule has 4 unspecified atom stereocenters. The predicted molar refractivity (Wildman–Crippen MR) is 164 cm³/mol. The van der Waals surface area contributed by atoms with Crippen molar-refractivity contribution in [3.63, 3.8) is 0 Å².